The summed E-state index contributed by atoms with van der Waals surface area (Å²) in [5.41, 5.74) is 0.379. The fraction of sp³-hybridized carbons (Fsp3) is 0.154. The molecule has 0 aromatic carbocycles. The van der Waals surface area contributed by atoms with Gasteiger partial charge in [0.25, 0.3) is 0 Å². The van der Waals surface area contributed by atoms with E-state index in [-0.39, 0.29) is 23.1 Å². The molecule has 0 saturated carbocycles. The van der Waals surface area contributed by atoms with Crippen LogP contribution in [0, 0.1) is 21.4 Å². The fourth-order valence-electron chi connectivity index (χ4n) is 1.75. The molecule has 0 amide bonds. The second-order valence-electron chi connectivity index (χ2n) is 4.05. The van der Waals surface area contributed by atoms with Crippen LogP contribution in [-0.2, 0) is 0 Å². The lowest BCUT2D eigenvalue weighted by Gasteiger charge is -2.13. The summed E-state index contributed by atoms with van der Waals surface area (Å²) in [6.07, 6.45) is 3.00. The molecule has 0 spiro atoms. The Morgan fingerprint density at radius 1 is 1.35 bits per heavy atom. The summed E-state index contributed by atoms with van der Waals surface area (Å²) in [5.74, 6) is 0.0622. The maximum Gasteiger partial charge on any atom is 0.328 e. The standard InChI is InChI=1S/C13H11N5O2/c1-9(11-4-2-3-6-15-11)17-13-12(18(19)20)10(8-14)5-7-16-13/h2-7,9H,1H3,(H,16,17). The second kappa shape index (κ2) is 5.75. The number of anilines is 1. The molecular formula is C13H11N5O2. The van der Waals surface area contributed by atoms with Gasteiger partial charge in [0.2, 0.25) is 5.82 Å². The van der Waals surface area contributed by atoms with Gasteiger partial charge in [-0.25, -0.2) is 4.98 Å². The molecule has 2 rings (SSSR count). The minimum atomic E-state index is -0.612. The van der Waals surface area contributed by atoms with Gasteiger partial charge < -0.3 is 5.32 Å². The molecule has 0 aliphatic carbocycles. The molecule has 2 heterocycles. The van der Waals surface area contributed by atoms with Gasteiger partial charge in [0.05, 0.1) is 16.7 Å². The zero-order chi connectivity index (χ0) is 14.5. The molecule has 0 radical (unpaired) electrons. The Morgan fingerprint density at radius 3 is 2.75 bits per heavy atom. The highest BCUT2D eigenvalue weighted by molar-refractivity contribution is 5.64. The molecule has 7 heteroatoms. The zero-order valence-corrected chi connectivity index (χ0v) is 10.6. The maximum absolute atomic E-state index is 11.1. The minimum Gasteiger partial charge on any atom is -0.356 e. The van der Waals surface area contributed by atoms with E-state index >= 15 is 0 Å². The number of pyridine rings is 2. The van der Waals surface area contributed by atoms with Crippen LogP contribution in [0.4, 0.5) is 11.5 Å². The van der Waals surface area contributed by atoms with Gasteiger partial charge in [0.15, 0.2) is 0 Å². The van der Waals surface area contributed by atoms with E-state index in [0.29, 0.717) is 0 Å². The van der Waals surface area contributed by atoms with Gasteiger partial charge >= 0.3 is 5.69 Å². The molecule has 100 valence electrons. The van der Waals surface area contributed by atoms with Crippen molar-refractivity contribution in [3.8, 4) is 6.07 Å². The number of nitro groups is 1. The molecule has 2 aromatic heterocycles. The van der Waals surface area contributed by atoms with Gasteiger partial charge in [-0.05, 0) is 25.1 Å². The van der Waals surface area contributed by atoms with Crippen LogP contribution in [0.1, 0.15) is 24.2 Å². The van der Waals surface area contributed by atoms with Crippen molar-refractivity contribution in [1.29, 1.82) is 5.26 Å². The zero-order valence-electron chi connectivity index (χ0n) is 10.6. The Balaban J connectivity index is 2.35. The molecule has 20 heavy (non-hydrogen) atoms. The first-order chi connectivity index (χ1) is 9.63. The molecule has 2 aromatic rings. The maximum atomic E-state index is 11.1. The molecule has 1 N–H and O–H groups in total. The van der Waals surface area contributed by atoms with Crippen molar-refractivity contribution >= 4 is 11.5 Å². The van der Waals surface area contributed by atoms with Crippen molar-refractivity contribution in [2.75, 3.05) is 5.32 Å². The van der Waals surface area contributed by atoms with Gasteiger partial charge in [0.1, 0.15) is 11.6 Å². The number of rotatable bonds is 4. The highest BCUT2D eigenvalue weighted by Crippen LogP contribution is 2.28. The molecule has 0 aliphatic heterocycles. The predicted molar refractivity (Wildman–Crippen MR) is 71.9 cm³/mol. The number of nitrogens with one attached hydrogen (secondary N) is 1. The lowest BCUT2D eigenvalue weighted by Crippen LogP contribution is -2.11. The number of hydrogen-bond donors (Lipinski definition) is 1. The van der Waals surface area contributed by atoms with Crippen molar-refractivity contribution in [3.63, 3.8) is 0 Å². The summed E-state index contributed by atoms with van der Waals surface area (Å²) in [7, 11) is 0. The first-order valence-corrected chi connectivity index (χ1v) is 5.84. The summed E-state index contributed by atoms with van der Waals surface area (Å²) in [5, 5.41) is 22.9. The van der Waals surface area contributed by atoms with Crippen LogP contribution in [0.5, 0.6) is 0 Å². The molecule has 1 unspecified atom stereocenters. The summed E-state index contributed by atoms with van der Waals surface area (Å²) < 4.78 is 0. The number of hydrogen-bond acceptors (Lipinski definition) is 6. The van der Waals surface area contributed by atoms with E-state index in [1.165, 1.54) is 12.3 Å². The van der Waals surface area contributed by atoms with Crippen LogP contribution in [0.25, 0.3) is 0 Å². The third-order valence-corrected chi connectivity index (χ3v) is 2.71. The van der Waals surface area contributed by atoms with Crippen molar-refractivity contribution in [1.82, 2.24) is 9.97 Å². The first kappa shape index (κ1) is 13.4. The second-order valence-corrected chi connectivity index (χ2v) is 4.05. The van der Waals surface area contributed by atoms with Crippen molar-refractivity contribution in [2.45, 2.75) is 13.0 Å². The van der Waals surface area contributed by atoms with E-state index in [1.54, 1.807) is 24.4 Å². The lowest BCUT2D eigenvalue weighted by molar-refractivity contribution is -0.384. The van der Waals surface area contributed by atoms with Crippen LogP contribution in [0.2, 0.25) is 0 Å². The molecular weight excluding hydrogens is 258 g/mol. The van der Waals surface area contributed by atoms with Crippen LogP contribution in [0.15, 0.2) is 36.7 Å². The highest BCUT2D eigenvalue weighted by atomic mass is 16.6. The van der Waals surface area contributed by atoms with E-state index in [1.807, 2.05) is 13.0 Å². The van der Waals surface area contributed by atoms with Crippen molar-refractivity contribution < 1.29 is 4.92 Å². The molecule has 1 atom stereocenters. The molecule has 7 nitrogen and oxygen atoms in total. The number of nitriles is 1. The smallest absolute Gasteiger partial charge is 0.328 e. The van der Waals surface area contributed by atoms with Gasteiger partial charge in [-0.2, -0.15) is 5.26 Å². The molecule has 0 saturated heterocycles. The summed E-state index contributed by atoms with van der Waals surface area (Å²) in [4.78, 5) is 18.6. The van der Waals surface area contributed by atoms with Crippen molar-refractivity contribution in [3.05, 3.63) is 58.0 Å². The fourth-order valence-corrected chi connectivity index (χ4v) is 1.75. The molecule has 0 bridgehead atoms. The van der Waals surface area contributed by atoms with Gasteiger partial charge in [0, 0.05) is 12.4 Å². The van der Waals surface area contributed by atoms with Crippen LogP contribution in [0.3, 0.4) is 0 Å². The van der Waals surface area contributed by atoms with E-state index in [4.69, 9.17) is 5.26 Å². The molecule has 0 fully saturated rings. The van der Waals surface area contributed by atoms with Gasteiger partial charge in [-0.15, -0.1) is 0 Å². The Kier molecular flexibility index (Phi) is 3.86. The van der Waals surface area contributed by atoms with Crippen molar-refractivity contribution in [2.24, 2.45) is 0 Å². The average Bonchev–Trinajstić information content (AvgIpc) is 2.47. The minimum absolute atomic E-state index is 0.0271. The summed E-state index contributed by atoms with van der Waals surface area (Å²) in [6.45, 7) is 1.81. The highest BCUT2D eigenvalue weighted by Gasteiger charge is 2.22. The third kappa shape index (κ3) is 2.70. The Morgan fingerprint density at radius 2 is 2.15 bits per heavy atom. The Hall–Kier alpha value is -3.01. The van der Waals surface area contributed by atoms with Gasteiger partial charge in [-0.1, -0.05) is 6.07 Å². The number of nitrogens with zero attached hydrogens (tertiary/aromatic N) is 4. The van der Waals surface area contributed by atoms with Crippen LogP contribution >= 0.6 is 0 Å². The van der Waals surface area contributed by atoms with E-state index in [9.17, 15) is 10.1 Å². The Bertz CT molecular complexity index is 666. The molecule has 0 aliphatic rings. The summed E-state index contributed by atoms with van der Waals surface area (Å²) >= 11 is 0. The Labute approximate surface area is 115 Å². The quantitative estimate of drug-likeness (QED) is 0.675. The monoisotopic (exact) mass is 269 g/mol. The third-order valence-electron chi connectivity index (χ3n) is 2.71. The summed E-state index contributed by atoms with van der Waals surface area (Å²) in [6, 6.07) is 8.26. The topological polar surface area (TPSA) is 105 Å². The average molecular weight is 269 g/mol. The van der Waals surface area contributed by atoms with E-state index in [0.717, 1.165) is 5.69 Å². The van der Waals surface area contributed by atoms with Crippen LogP contribution < -0.4 is 5.32 Å². The largest absolute Gasteiger partial charge is 0.356 e. The number of aromatic nitrogens is 2. The van der Waals surface area contributed by atoms with E-state index in [2.05, 4.69) is 15.3 Å². The van der Waals surface area contributed by atoms with Crippen LogP contribution in [-0.4, -0.2) is 14.9 Å². The van der Waals surface area contributed by atoms with Gasteiger partial charge in [-0.3, -0.25) is 15.1 Å². The van der Waals surface area contributed by atoms with E-state index < -0.39 is 4.92 Å². The normalized spacial score (nSPS) is 11.4. The predicted octanol–water partition coefficient (Wildman–Crippen LogP) is 2.43. The SMILES string of the molecule is CC(Nc1nccc(C#N)c1[N+](=O)[O-])c1ccccn1. The first-order valence-electron chi connectivity index (χ1n) is 5.84. The lowest BCUT2D eigenvalue weighted by atomic mass is 10.2.